The van der Waals surface area contributed by atoms with Gasteiger partial charge in [0.1, 0.15) is 0 Å². The fourth-order valence-electron chi connectivity index (χ4n) is 3.06. The van der Waals surface area contributed by atoms with Gasteiger partial charge in [-0.25, -0.2) is 8.42 Å². The second-order valence-corrected chi connectivity index (χ2v) is 8.12. The third kappa shape index (κ3) is 2.55. The summed E-state index contributed by atoms with van der Waals surface area (Å²) in [5, 5.41) is 4.22. The van der Waals surface area contributed by atoms with Crippen molar-refractivity contribution in [2.75, 3.05) is 26.2 Å². The van der Waals surface area contributed by atoms with Crippen LogP contribution in [0.2, 0.25) is 0 Å². The predicted octanol–water partition coefficient (Wildman–Crippen LogP) is 1.90. The number of rotatable bonds is 3. The van der Waals surface area contributed by atoms with Crippen LogP contribution in [0.5, 0.6) is 0 Å². The minimum absolute atomic E-state index is 0.362. The van der Waals surface area contributed by atoms with Gasteiger partial charge in [0.05, 0.1) is 4.90 Å². The van der Waals surface area contributed by atoms with Crippen molar-refractivity contribution in [2.24, 2.45) is 7.05 Å². The standard InChI is InChI=1S/C16H23N3O2S/c1-12(2)15-11-18(3)16-5-4-13(10-14(15)16)22(20,21)19-8-6-17-7-9-19/h4-5,10-12,17H,6-9H2,1-3H3. The van der Waals surface area contributed by atoms with E-state index in [9.17, 15) is 8.42 Å². The number of hydrogen-bond donors (Lipinski definition) is 1. The zero-order valence-corrected chi connectivity index (χ0v) is 14.2. The Hall–Kier alpha value is -1.37. The molecule has 0 atom stereocenters. The van der Waals surface area contributed by atoms with Crippen LogP contribution in [-0.2, 0) is 17.1 Å². The minimum atomic E-state index is -3.40. The molecule has 2 heterocycles. The molecule has 6 heteroatoms. The van der Waals surface area contributed by atoms with E-state index >= 15 is 0 Å². The zero-order chi connectivity index (χ0) is 15.9. The van der Waals surface area contributed by atoms with E-state index < -0.39 is 10.0 Å². The van der Waals surface area contributed by atoms with Crippen LogP contribution in [0.1, 0.15) is 25.3 Å². The molecule has 1 fully saturated rings. The van der Waals surface area contributed by atoms with Crippen molar-refractivity contribution < 1.29 is 8.42 Å². The molecule has 0 spiro atoms. The van der Waals surface area contributed by atoms with Gasteiger partial charge in [-0.15, -0.1) is 0 Å². The van der Waals surface area contributed by atoms with E-state index in [0.29, 0.717) is 37.0 Å². The molecular weight excluding hydrogens is 298 g/mol. The molecule has 0 radical (unpaired) electrons. The summed E-state index contributed by atoms with van der Waals surface area (Å²) in [7, 11) is -1.40. The van der Waals surface area contributed by atoms with E-state index in [0.717, 1.165) is 10.9 Å². The number of benzene rings is 1. The summed E-state index contributed by atoms with van der Waals surface area (Å²) < 4.78 is 29.3. The summed E-state index contributed by atoms with van der Waals surface area (Å²) in [6, 6.07) is 5.47. The van der Waals surface area contributed by atoms with Crippen LogP contribution < -0.4 is 5.32 Å². The average Bonchev–Trinajstić information content (AvgIpc) is 2.85. The molecule has 0 unspecified atom stereocenters. The van der Waals surface area contributed by atoms with E-state index in [1.807, 2.05) is 19.2 Å². The van der Waals surface area contributed by atoms with Crippen LogP contribution in [0.25, 0.3) is 10.9 Å². The van der Waals surface area contributed by atoms with Gasteiger partial charge in [0.2, 0.25) is 10.0 Å². The molecule has 5 nitrogen and oxygen atoms in total. The maximum atomic E-state index is 12.8. The molecule has 0 saturated carbocycles. The van der Waals surface area contributed by atoms with Gasteiger partial charge in [0.25, 0.3) is 0 Å². The average molecular weight is 321 g/mol. The van der Waals surface area contributed by atoms with Crippen molar-refractivity contribution in [1.82, 2.24) is 14.2 Å². The lowest BCUT2D eigenvalue weighted by Gasteiger charge is -2.26. The first-order valence-electron chi connectivity index (χ1n) is 7.71. The summed E-state index contributed by atoms with van der Waals surface area (Å²) in [6.07, 6.45) is 2.09. The Labute approximate surface area is 132 Å². The number of nitrogens with zero attached hydrogens (tertiary/aromatic N) is 2. The SMILES string of the molecule is CC(C)c1cn(C)c2ccc(S(=O)(=O)N3CCNCC3)cc12. The Bertz CT molecular complexity index is 787. The second kappa shape index (κ2) is 5.68. The molecule has 1 saturated heterocycles. The van der Waals surface area contributed by atoms with Gasteiger partial charge in [-0.1, -0.05) is 13.8 Å². The molecule has 1 aromatic carbocycles. The van der Waals surface area contributed by atoms with Crippen LogP contribution in [0.3, 0.4) is 0 Å². The molecule has 1 N–H and O–H groups in total. The van der Waals surface area contributed by atoms with Crippen molar-refractivity contribution in [1.29, 1.82) is 0 Å². The van der Waals surface area contributed by atoms with Gasteiger partial charge < -0.3 is 9.88 Å². The minimum Gasteiger partial charge on any atom is -0.350 e. The van der Waals surface area contributed by atoms with Crippen molar-refractivity contribution >= 4 is 20.9 Å². The van der Waals surface area contributed by atoms with Gasteiger partial charge >= 0.3 is 0 Å². The number of piperazine rings is 1. The maximum absolute atomic E-state index is 12.8. The highest BCUT2D eigenvalue weighted by Gasteiger charge is 2.26. The molecule has 22 heavy (non-hydrogen) atoms. The van der Waals surface area contributed by atoms with E-state index in [2.05, 4.69) is 29.9 Å². The van der Waals surface area contributed by atoms with E-state index in [1.165, 1.54) is 5.56 Å². The Kier molecular flexibility index (Phi) is 4.01. The van der Waals surface area contributed by atoms with Crippen molar-refractivity contribution in [3.8, 4) is 0 Å². The number of aromatic nitrogens is 1. The first-order valence-corrected chi connectivity index (χ1v) is 9.15. The van der Waals surface area contributed by atoms with Gasteiger partial charge in [-0.05, 0) is 29.7 Å². The van der Waals surface area contributed by atoms with E-state index in [-0.39, 0.29) is 0 Å². The molecule has 1 aromatic heterocycles. The van der Waals surface area contributed by atoms with Crippen molar-refractivity contribution in [2.45, 2.75) is 24.7 Å². The molecular formula is C16H23N3O2S. The molecule has 0 amide bonds. The summed E-state index contributed by atoms with van der Waals surface area (Å²) in [6.45, 7) is 6.75. The first-order chi connectivity index (χ1) is 10.4. The molecule has 1 aliphatic rings. The second-order valence-electron chi connectivity index (χ2n) is 6.18. The molecule has 0 bridgehead atoms. The summed E-state index contributed by atoms with van der Waals surface area (Å²) in [5.74, 6) is 0.362. The third-order valence-electron chi connectivity index (χ3n) is 4.33. The van der Waals surface area contributed by atoms with Gasteiger partial charge in [0.15, 0.2) is 0 Å². The van der Waals surface area contributed by atoms with E-state index in [1.54, 1.807) is 10.4 Å². The largest absolute Gasteiger partial charge is 0.350 e. The Morgan fingerprint density at radius 3 is 2.50 bits per heavy atom. The fourth-order valence-corrected chi connectivity index (χ4v) is 4.52. The highest BCUT2D eigenvalue weighted by atomic mass is 32.2. The smallest absolute Gasteiger partial charge is 0.243 e. The predicted molar refractivity (Wildman–Crippen MR) is 88.6 cm³/mol. The highest BCUT2D eigenvalue weighted by Crippen LogP contribution is 2.30. The van der Waals surface area contributed by atoms with E-state index in [4.69, 9.17) is 0 Å². The molecule has 120 valence electrons. The summed E-state index contributed by atoms with van der Waals surface area (Å²) in [4.78, 5) is 0.398. The number of nitrogens with one attached hydrogen (secondary N) is 1. The van der Waals surface area contributed by atoms with Gasteiger partial charge in [-0.2, -0.15) is 4.31 Å². The number of hydrogen-bond acceptors (Lipinski definition) is 3. The number of sulfonamides is 1. The zero-order valence-electron chi connectivity index (χ0n) is 13.3. The first kappa shape index (κ1) is 15.5. The molecule has 1 aliphatic heterocycles. The van der Waals surface area contributed by atoms with Crippen LogP contribution in [0, 0.1) is 0 Å². The Balaban J connectivity index is 2.09. The lowest BCUT2D eigenvalue weighted by molar-refractivity contribution is 0.360. The quantitative estimate of drug-likeness (QED) is 0.939. The summed E-state index contributed by atoms with van der Waals surface area (Å²) in [5.41, 5.74) is 2.26. The number of aryl methyl sites for hydroxylation is 1. The van der Waals surface area contributed by atoms with Gasteiger partial charge in [-0.3, -0.25) is 0 Å². The summed E-state index contributed by atoms with van der Waals surface area (Å²) >= 11 is 0. The van der Waals surface area contributed by atoms with Crippen LogP contribution in [0.4, 0.5) is 0 Å². The van der Waals surface area contributed by atoms with Gasteiger partial charge in [0, 0.05) is 50.3 Å². The maximum Gasteiger partial charge on any atom is 0.243 e. The lowest BCUT2D eigenvalue weighted by Crippen LogP contribution is -2.46. The van der Waals surface area contributed by atoms with Crippen LogP contribution in [0.15, 0.2) is 29.3 Å². The lowest BCUT2D eigenvalue weighted by atomic mass is 10.0. The third-order valence-corrected chi connectivity index (χ3v) is 6.22. The number of fused-ring (bicyclic) bond motifs is 1. The topological polar surface area (TPSA) is 54.3 Å². The molecule has 3 rings (SSSR count). The van der Waals surface area contributed by atoms with Crippen LogP contribution >= 0.6 is 0 Å². The molecule has 2 aromatic rings. The monoisotopic (exact) mass is 321 g/mol. The van der Waals surface area contributed by atoms with Crippen molar-refractivity contribution in [3.63, 3.8) is 0 Å². The highest BCUT2D eigenvalue weighted by molar-refractivity contribution is 7.89. The molecule has 0 aliphatic carbocycles. The van der Waals surface area contributed by atoms with Crippen LogP contribution in [-0.4, -0.2) is 43.5 Å². The fraction of sp³-hybridized carbons (Fsp3) is 0.500. The Morgan fingerprint density at radius 1 is 1.18 bits per heavy atom. The van der Waals surface area contributed by atoms with Crippen molar-refractivity contribution in [3.05, 3.63) is 30.0 Å². The Morgan fingerprint density at radius 2 is 1.86 bits per heavy atom. The normalized spacial score (nSPS) is 17.5.